The first-order valence-electron chi connectivity index (χ1n) is 6.81. The maximum atomic E-state index is 3.52. The highest BCUT2D eigenvalue weighted by atomic mass is 35.5. The van der Waals surface area contributed by atoms with E-state index in [1.165, 1.54) is 64.8 Å². The summed E-state index contributed by atoms with van der Waals surface area (Å²) in [5, 5.41) is 3.52. The highest BCUT2D eigenvalue weighted by Crippen LogP contribution is 2.21. The fourth-order valence-electron chi connectivity index (χ4n) is 3.02. The summed E-state index contributed by atoms with van der Waals surface area (Å²) in [6, 6.07) is 0. The summed E-state index contributed by atoms with van der Waals surface area (Å²) >= 11 is 0. The first kappa shape index (κ1) is 14.3. The summed E-state index contributed by atoms with van der Waals surface area (Å²) in [7, 11) is 0. The highest BCUT2D eigenvalue weighted by molar-refractivity contribution is 5.85. The van der Waals surface area contributed by atoms with Crippen LogP contribution in [0.25, 0.3) is 0 Å². The first-order valence-corrected chi connectivity index (χ1v) is 6.81. The van der Waals surface area contributed by atoms with E-state index in [-0.39, 0.29) is 12.4 Å². The van der Waals surface area contributed by atoms with Crippen molar-refractivity contribution in [3.05, 3.63) is 0 Å². The molecule has 0 bridgehead atoms. The van der Waals surface area contributed by atoms with Crippen LogP contribution in [0.5, 0.6) is 0 Å². The van der Waals surface area contributed by atoms with E-state index in [0.29, 0.717) is 0 Å². The number of nitrogens with one attached hydrogen (secondary N) is 1. The Labute approximate surface area is 107 Å². The van der Waals surface area contributed by atoms with Gasteiger partial charge in [0, 0.05) is 6.54 Å². The molecule has 0 aromatic rings. The summed E-state index contributed by atoms with van der Waals surface area (Å²) in [5.41, 5.74) is 0. The summed E-state index contributed by atoms with van der Waals surface area (Å²) in [5.74, 6) is 1.95. The van der Waals surface area contributed by atoms with Crippen LogP contribution in [0.15, 0.2) is 0 Å². The largest absolute Gasteiger partial charge is 0.316 e. The molecule has 0 amide bonds. The van der Waals surface area contributed by atoms with Crippen molar-refractivity contribution < 1.29 is 0 Å². The second-order valence-electron chi connectivity index (χ2n) is 5.36. The number of halogens is 1. The van der Waals surface area contributed by atoms with Gasteiger partial charge in [-0.3, -0.25) is 0 Å². The van der Waals surface area contributed by atoms with Crippen LogP contribution in [0.2, 0.25) is 0 Å². The molecular formula is C13H27ClN2. The molecule has 96 valence electrons. The molecular weight excluding hydrogens is 220 g/mol. The Hall–Kier alpha value is 0.210. The smallest absolute Gasteiger partial charge is 0.00218 e. The van der Waals surface area contributed by atoms with Crippen LogP contribution in [0.1, 0.15) is 39.0 Å². The second-order valence-corrected chi connectivity index (χ2v) is 5.36. The monoisotopic (exact) mass is 246 g/mol. The standard InChI is InChI=1S/C13H26N2.ClH/c1-2-12-5-8-15(9-6-12)11-13-4-3-7-14-10-13;/h12-14H,2-11H2,1H3;1H. The lowest BCUT2D eigenvalue weighted by Crippen LogP contribution is -2.41. The Bertz CT molecular complexity index is 173. The Morgan fingerprint density at radius 3 is 2.44 bits per heavy atom. The van der Waals surface area contributed by atoms with Gasteiger partial charge < -0.3 is 10.2 Å². The van der Waals surface area contributed by atoms with Gasteiger partial charge in [-0.05, 0) is 63.7 Å². The van der Waals surface area contributed by atoms with Crippen molar-refractivity contribution in [2.24, 2.45) is 11.8 Å². The predicted octanol–water partition coefficient (Wildman–Crippen LogP) is 2.53. The van der Waals surface area contributed by atoms with Gasteiger partial charge in [-0.2, -0.15) is 0 Å². The zero-order chi connectivity index (χ0) is 10.5. The minimum atomic E-state index is 0. The number of hydrogen-bond acceptors (Lipinski definition) is 2. The van der Waals surface area contributed by atoms with Crippen LogP contribution >= 0.6 is 12.4 Å². The van der Waals surface area contributed by atoms with E-state index in [4.69, 9.17) is 0 Å². The van der Waals surface area contributed by atoms with Crippen molar-refractivity contribution in [3.8, 4) is 0 Å². The second kappa shape index (κ2) is 7.52. The van der Waals surface area contributed by atoms with Crippen molar-refractivity contribution in [3.63, 3.8) is 0 Å². The third kappa shape index (κ3) is 4.23. The molecule has 2 aliphatic heterocycles. The zero-order valence-electron chi connectivity index (χ0n) is 10.6. The molecule has 1 unspecified atom stereocenters. The lowest BCUT2D eigenvalue weighted by molar-refractivity contribution is 0.148. The molecule has 2 fully saturated rings. The molecule has 0 saturated carbocycles. The SMILES string of the molecule is CCC1CCN(CC2CCCNC2)CC1.Cl. The molecule has 0 aromatic carbocycles. The molecule has 1 atom stereocenters. The zero-order valence-corrected chi connectivity index (χ0v) is 11.4. The molecule has 2 saturated heterocycles. The molecule has 2 aliphatic rings. The first-order chi connectivity index (χ1) is 7.38. The van der Waals surface area contributed by atoms with Crippen LogP contribution in [0.3, 0.4) is 0 Å². The van der Waals surface area contributed by atoms with Crippen LogP contribution < -0.4 is 5.32 Å². The van der Waals surface area contributed by atoms with E-state index >= 15 is 0 Å². The van der Waals surface area contributed by atoms with Gasteiger partial charge in [0.25, 0.3) is 0 Å². The minimum absolute atomic E-state index is 0. The van der Waals surface area contributed by atoms with E-state index in [2.05, 4.69) is 17.1 Å². The number of hydrogen-bond donors (Lipinski definition) is 1. The molecule has 0 aromatic heterocycles. The third-order valence-electron chi connectivity index (χ3n) is 4.20. The third-order valence-corrected chi connectivity index (χ3v) is 4.20. The van der Waals surface area contributed by atoms with Crippen LogP contribution in [0, 0.1) is 11.8 Å². The van der Waals surface area contributed by atoms with Crippen molar-refractivity contribution in [2.75, 3.05) is 32.7 Å². The highest BCUT2D eigenvalue weighted by Gasteiger charge is 2.21. The van der Waals surface area contributed by atoms with E-state index < -0.39 is 0 Å². The summed E-state index contributed by atoms with van der Waals surface area (Å²) in [6.45, 7) is 8.90. The predicted molar refractivity (Wildman–Crippen MR) is 72.3 cm³/mol. The van der Waals surface area contributed by atoms with Crippen molar-refractivity contribution in [1.29, 1.82) is 0 Å². The van der Waals surface area contributed by atoms with Crippen molar-refractivity contribution in [2.45, 2.75) is 39.0 Å². The lowest BCUT2D eigenvalue weighted by Gasteiger charge is -2.35. The Balaban J connectivity index is 0.00000128. The van der Waals surface area contributed by atoms with E-state index in [1.807, 2.05) is 0 Å². The average molecular weight is 247 g/mol. The van der Waals surface area contributed by atoms with Crippen LogP contribution in [0.4, 0.5) is 0 Å². The Morgan fingerprint density at radius 1 is 1.12 bits per heavy atom. The van der Waals surface area contributed by atoms with Crippen molar-refractivity contribution in [1.82, 2.24) is 10.2 Å². The Kier molecular flexibility index (Phi) is 6.71. The molecule has 0 spiro atoms. The fourth-order valence-corrected chi connectivity index (χ4v) is 3.02. The molecule has 2 nitrogen and oxygen atoms in total. The van der Waals surface area contributed by atoms with Gasteiger partial charge in [-0.1, -0.05) is 13.3 Å². The van der Waals surface area contributed by atoms with Crippen molar-refractivity contribution >= 4 is 12.4 Å². The quantitative estimate of drug-likeness (QED) is 0.824. The Morgan fingerprint density at radius 2 is 1.88 bits per heavy atom. The maximum absolute atomic E-state index is 3.52. The van der Waals surface area contributed by atoms with Gasteiger partial charge in [-0.25, -0.2) is 0 Å². The summed E-state index contributed by atoms with van der Waals surface area (Å²) in [4.78, 5) is 2.70. The van der Waals surface area contributed by atoms with E-state index in [1.54, 1.807) is 0 Å². The lowest BCUT2D eigenvalue weighted by atomic mass is 9.92. The molecule has 1 N–H and O–H groups in total. The summed E-state index contributed by atoms with van der Waals surface area (Å²) < 4.78 is 0. The normalized spacial score (nSPS) is 28.7. The maximum Gasteiger partial charge on any atom is 0.00218 e. The molecule has 2 heterocycles. The van der Waals surface area contributed by atoms with E-state index in [0.717, 1.165) is 11.8 Å². The molecule has 0 aliphatic carbocycles. The molecule has 2 rings (SSSR count). The van der Waals surface area contributed by atoms with E-state index in [9.17, 15) is 0 Å². The topological polar surface area (TPSA) is 15.3 Å². The van der Waals surface area contributed by atoms with Crippen LogP contribution in [-0.4, -0.2) is 37.6 Å². The molecule has 16 heavy (non-hydrogen) atoms. The van der Waals surface area contributed by atoms with Crippen LogP contribution in [-0.2, 0) is 0 Å². The van der Waals surface area contributed by atoms with Gasteiger partial charge in [-0.15, -0.1) is 12.4 Å². The van der Waals surface area contributed by atoms with Gasteiger partial charge in [0.15, 0.2) is 0 Å². The fraction of sp³-hybridized carbons (Fsp3) is 1.00. The summed E-state index contributed by atoms with van der Waals surface area (Å²) in [6.07, 6.45) is 7.10. The minimum Gasteiger partial charge on any atom is -0.316 e. The molecule has 3 heteroatoms. The van der Waals surface area contributed by atoms with Gasteiger partial charge >= 0.3 is 0 Å². The van der Waals surface area contributed by atoms with Gasteiger partial charge in [0.2, 0.25) is 0 Å². The number of likely N-dealkylation sites (tertiary alicyclic amines) is 1. The number of piperidine rings is 2. The van der Waals surface area contributed by atoms with Gasteiger partial charge in [0.1, 0.15) is 0 Å². The number of nitrogens with zero attached hydrogens (tertiary/aromatic N) is 1. The molecule has 0 radical (unpaired) electrons. The average Bonchev–Trinajstić information content (AvgIpc) is 2.31. The van der Waals surface area contributed by atoms with Gasteiger partial charge in [0.05, 0.1) is 0 Å². The number of rotatable bonds is 3.